The fraction of sp³-hybridized carbons (Fsp3) is 0.567. The standard InChI is InChI=1S/C28H39FN6.C2H5NO/c1-3-24(21-6-4-5-7-21)25-17-27(31-18-20(25)2)33-28-26(29)16-23(19-32-28)35-14-12-34(13-15-35)22-8-10-30-11-9-22;1-3-2-4/h3,16-19,21-22,30H,4-15H2,1-2H3,(H,31,32,33);2H,1H3,(H,3,4)/b24-3+;. The van der Waals surface area contributed by atoms with Crippen LogP contribution >= 0.6 is 0 Å². The maximum atomic E-state index is 15.1. The number of aryl methyl sites for hydroxylation is 1. The number of halogens is 1. The molecule has 1 saturated carbocycles. The number of allylic oxidation sites excluding steroid dienone is 2. The zero-order valence-electron chi connectivity index (χ0n) is 23.7. The van der Waals surface area contributed by atoms with Gasteiger partial charge in [-0.2, -0.15) is 0 Å². The first-order valence-electron chi connectivity index (χ1n) is 14.4. The molecule has 0 bridgehead atoms. The number of piperazine rings is 1. The van der Waals surface area contributed by atoms with Gasteiger partial charge in [0.05, 0.1) is 11.9 Å². The monoisotopic (exact) mass is 537 g/mol. The number of hydrogen-bond donors (Lipinski definition) is 3. The first kappa shape index (κ1) is 29.0. The van der Waals surface area contributed by atoms with Gasteiger partial charge in [-0.15, -0.1) is 0 Å². The molecule has 2 saturated heterocycles. The van der Waals surface area contributed by atoms with Crippen LogP contribution in [0, 0.1) is 18.7 Å². The van der Waals surface area contributed by atoms with Crippen molar-refractivity contribution < 1.29 is 9.18 Å². The molecule has 9 heteroatoms. The summed E-state index contributed by atoms with van der Waals surface area (Å²) in [6.45, 7) is 10.3. The van der Waals surface area contributed by atoms with Gasteiger partial charge in [0.25, 0.3) is 0 Å². The van der Waals surface area contributed by atoms with E-state index in [9.17, 15) is 0 Å². The highest BCUT2D eigenvalue weighted by molar-refractivity contribution is 5.72. The van der Waals surface area contributed by atoms with E-state index in [1.54, 1.807) is 19.3 Å². The Morgan fingerprint density at radius 1 is 1.05 bits per heavy atom. The van der Waals surface area contributed by atoms with Crippen molar-refractivity contribution in [2.24, 2.45) is 5.92 Å². The fourth-order valence-corrected chi connectivity index (χ4v) is 6.08. The Hall–Kier alpha value is -3.04. The maximum absolute atomic E-state index is 15.1. The molecule has 1 amide bonds. The van der Waals surface area contributed by atoms with Gasteiger partial charge >= 0.3 is 0 Å². The van der Waals surface area contributed by atoms with Gasteiger partial charge in [-0.3, -0.25) is 9.69 Å². The maximum Gasteiger partial charge on any atom is 0.206 e. The fourth-order valence-electron chi connectivity index (χ4n) is 6.08. The highest BCUT2D eigenvalue weighted by Gasteiger charge is 2.26. The summed E-state index contributed by atoms with van der Waals surface area (Å²) in [6.07, 6.45) is 14.1. The number of hydrogen-bond acceptors (Lipinski definition) is 7. The Bertz CT molecular complexity index is 1100. The molecule has 0 spiro atoms. The molecule has 1 aliphatic carbocycles. The molecule has 3 aliphatic rings. The molecule has 212 valence electrons. The number of piperidine rings is 1. The van der Waals surface area contributed by atoms with E-state index in [1.165, 1.54) is 49.7 Å². The Labute approximate surface area is 232 Å². The Morgan fingerprint density at radius 3 is 2.36 bits per heavy atom. The zero-order valence-corrected chi connectivity index (χ0v) is 23.7. The first-order valence-corrected chi connectivity index (χ1v) is 14.4. The lowest BCUT2D eigenvalue weighted by Crippen LogP contribution is -2.52. The zero-order chi connectivity index (χ0) is 27.6. The average molecular weight is 538 g/mol. The van der Waals surface area contributed by atoms with Crippen LogP contribution in [0.15, 0.2) is 30.6 Å². The van der Waals surface area contributed by atoms with Crippen LogP contribution in [0.3, 0.4) is 0 Å². The van der Waals surface area contributed by atoms with Gasteiger partial charge in [0.15, 0.2) is 11.6 Å². The van der Waals surface area contributed by atoms with Crippen LogP contribution in [-0.4, -0.2) is 73.6 Å². The summed E-state index contributed by atoms with van der Waals surface area (Å²) < 4.78 is 15.1. The lowest BCUT2D eigenvalue weighted by Gasteiger charge is -2.41. The van der Waals surface area contributed by atoms with Crippen LogP contribution in [0.1, 0.15) is 56.6 Å². The molecule has 0 radical (unpaired) electrons. The van der Waals surface area contributed by atoms with E-state index in [1.807, 2.05) is 6.20 Å². The smallest absolute Gasteiger partial charge is 0.206 e. The van der Waals surface area contributed by atoms with E-state index >= 15 is 4.39 Å². The quantitative estimate of drug-likeness (QED) is 0.449. The second kappa shape index (κ2) is 14.4. The number of rotatable bonds is 7. The molecule has 3 fully saturated rings. The molecule has 0 atom stereocenters. The number of nitrogens with one attached hydrogen (secondary N) is 3. The van der Waals surface area contributed by atoms with Crippen molar-refractivity contribution in [1.29, 1.82) is 0 Å². The van der Waals surface area contributed by atoms with Crippen molar-refractivity contribution in [2.45, 2.75) is 58.4 Å². The minimum absolute atomic E-state index is 0.229. The Morgan fingerprint density at radius 2 is 1.74 bits per heavy atom. The van der Waals surface area contributed by atoms with E-state index < -0.39 is 0 Å². The summed E-state index contributed by atoms with van der Waals surface area (Å²) >= 11 is 0. The molecule has 3 N–H and O–H groups in total. The van der Waals surface area contributed by atoms with Crippen LogP contribution in [0.5, 0.6) is 0 Å². The van der Waals surface area contributed by atoms with Crippen molar-refractivity contribution in [3.63, 3.8) is 0 Å². The van der Waals surface area contributed by atoms with Gasteiger partial charge in [0.1, 0.15) is 5.82 Å². The van der Waals surface area contributed by atoms with Gasteiger partial charge in [-0.25, -0.2) is 14.4 Å². The van der Waals surface area contributed by atoms with E-state index in [-0.39, 0.29) is 11.6 Å². The molecule has 0 unspecified atom stereocenters. The van der Waals surface area contributed by atoms with E-state index in [2.05, 4.69) is 61.7 Å². The third-order valence-corrected chi connectivity index (χ3v) is 8.22. The van der Waals surface area contributed by atoms with Crippen LogP contribution < -0.4 is 20.9 Å². The van der Waals surface area contributed by atoms with Crippen LogP contribution in [-0.2, 0) is 4.79 Å². The Kier molecular flexibility index (Phi) is 10.7. The molecule has 39 heavy (non-hydrogen) atoms. The van der Waals surface area contributed by atoms with Gasteiger partial charge < -0.3 is 20.9 Å². The third-order valence-electron chi connectivity index (χ3n) is 8.22. The van der Waals surface area contributed by atoms with E-state index in [0.29, 0.717) is 24.2 Å². The van der Waals surface area contributed by atoms with Gasteiger partial charge in [0, 0.05) is 51.5 Å². The van der Waals surface area contributed by atoms with Gasteiger partial charge in [-0.05, 0) is 81.3 Å². The highest BCUT2D eigenvalue weighted by Crippen LogP contribution is 2.38. The second-order valence-corrected chi connectivity index (χ2v) is 10.7. The van der Waals surface area contributed by atoms with Crippen molar-refractivity contribution in [2.75, 3.05) is 56.5 Å². The Balaban J connectivity index is 0.000000826. The number of carbonyl (C=O) groups excluding carboxylic acids is 1. The molecule has 0 aromatic carbocycles. The second-order valence-electron chi connectivity index (χ2n) is 10.7. The predicted octanol–water partition coefficient (Wildman–Crippen LogP) is 4.50. The number of carbonyl (C=O) groups is 1. The van der Waals surface area contributed by atoms with Crippen molar-refractivity contribution >= 4 is 29.3 Å². The summed E-state index contributed by atoms with van der Waals surface area (Å²) in [5.41, 5.74) is 4.61. The lowest BCUT2D eigenvalue weighted by atomic mass is 9.89. The van der Waals surface area contributed by atoms with Crippen LogP contribution in [0.2, 0.25) is 0 Å². The van der Waals surface area contributed by atoms with Crippen molar-refractivity contribution in [3.8, 4) is 0 Å². The van der Waals surface area contributed by atoms with E-state index in [4.69, 9.17) is 4.79 Å². The summed E-state index contributed by atoms with van der Waals surface area (Å²) in [6, 6.07) is 4.35. The summed E-state index contributed by atoms with van der Waals surface area (Å²) in [7, 11) is 1.56. The minimum Gasteiger partial charge on any atom is -0.368 e. The summed E-state index contributed by atoms with van der Waals surface area (Å²) in [4.78, 5) is 22.9. The normalized spacial score (nSPS) is 19.4. The van der Waals surface area contributed by atoms with Crippen molar-refractivity contribution in [3.05, 3.63) is 47.5 Å². The number of pyridine rings is 2. The molecule has 2 aromatic rings. The van der Waals surface area contributed by atoms with E-state index in [0.717, 1.165) is 50.5 Å². The number of anilines is 3. The molecule has 2 aliphatic heterocycles. The molecular weight excluding hydrogens is 493 g/mol. The van der Waals surface area contributed by atoms with Crippen molar-refractivity contribution in [1.82, 2.24) is 25.5 Å². The molecule has 8 nitrogen and oxygen atoms in total. The third kappa shape index (κ3) is 7.54. The van der Waals surface area contributed by atoms with Crippen LogP contribution in [0.4, 0.5) is 21.7 Å². The highest BCUT2D eigenvalue weighted by atomic mass is 19.1. The van der Waals surface area contributed by atoms with Gasteiger partial charge in [-0.1, -0.05) is 18.9 Å². The number of amides is 1. The van der Waals surface area contributed by atoms with Gasteiger partial charge in [0.2, 0.25) is 6.41 Å². The number of aromatic nitrogens is 2. The molecular formula is C30H44FN7O. The largest absolute Gasteiger partial charge is 0.368 e. The lowest BCUT2D eigenvalue weighted by molar-refractivity contribution is -0.109. The summed E-state index contributed by atoms with van der Waals surface area (Å²) in [5, 5.41) is 8.83. The molecule has 4 heterocycles. The minimum atomic E-state index is -0.339. The average Bonchev–Trinajstić information content (AvgIpc) is 3.51. The SMILES string of the molecule is C/C=C(/c1cc(Nc2ncc(N3CCN(C4CCNCC4)CC3)cc2F)ncc1C)C1CCCC1.CNC=O. The van der Waals surface area contributed by atoms with Crippen LogP contribution in [0.25, 0.3) is 5.57 Å². The summed E-state index contributed by atoms with van der Waals surface area (Å²) in [5.74, 6) is 1.14. The molecule has 5 rings (SSSR count). The topological polar surface area (TPSA) is 85.4 Å². The predicted molar refractivity (Wildman–Crippen MR) is 157 cm³/mol. The first-order chi connectivity index (χ1) is 19.0. The molecule has 2 aromatic heterocycles. The number of nitrogens with zero attached hydrogens (tertiary/aromatic N) is 4.